The molecule has 156 valence electrons. The SMILES string of the molecule is O=C(Cc1ccc([N+](=O)[O-])cc1)O[C@@H](C(=O)c1ccccc1)c1ccc([N+](=O)[O-])cc1. The number of nitrogens with zero attached hydrogens (tertiary/aromatic N) is 2. The van der Waals surface area contributed by atoms with Crippen molar-refractivity contribution in [1.29, 1.82) is 0 Å². The van der Waals surface area contributed by atoms with Crippen molar-refractivity contribution in [3.05, 3.63) is 116 Å². The minimum Gasteiger partial charge on any atom is -0.449 e. The summed E-state index contributed by atoms with van der Waals surface area (Å²) in [5.74, 6) is -1.20. The Kier molecular flexibility index (Phi) is 6.46. The van der Waals surface area contributed by atoms with E-state index in [1.165, 1.54) is 48.5 Å². The molecule has 0 heterocycles. The van der Waals surface area contributed by atoms with Crippen LogP contribution in [-0.2, 0) is 16.0 Å². The lowest BCUT2D eigenvalue weighted by Gasteiger charge is -2.17. The second kappa shape index (κ2) is 9.40. The molecule has 0 aliphatic carbocycles. The third kappa shape index (κ3) is 5.36. The molecule has 3 rings (SSSR count). The van der Waals surface area contributed by atoms with Gasteiger partial charge >= 0.3 is 5.97 Å². The van der Waals surface area contributed by atoms with Crippen molar-refractivity contribution in [2.24, 2.45) is 0 Å². The number of benzene rings is 3. The lowest BCUT2D eigenvalue weighted by Crippen LogP contribution is -2.21. The molecule has 0 radical (unpaired) electrons. The molecule has 0 amide bonds. The van der Waals surface area contributed by atoms with Crippen LogP contribution in [0.25, 0.3) is 0 Å². The van der Waals surface area contributed by atoms with Crippen LogP contribution in [0.1, 0.15) is 27.6 Å². The van der Waals surface area contributed by atoms with Crippen LogP contribution in [-0.4, -0.2) is 21.6 Å². The molecule has 0 aromatic heterocycles. The van der Waals surface area contributed by atoms with Gasteiger partial charge in [-0.3, -0.25) is 29.8 Å². The third-order valence-corrected chi connectivity index (χ3v) is 4.45. The maximum Gasteiger partial charge on any atom is 0.311 e. The molecule has 0 aliphatic rings. The summed E-state index contributed by atoms with van der Waals surface area (Å²) in [6, 6.07) is 18.8. The molecule has 9 nitrogen and oxygen atoms in total. The van der Waals surface area contributed by atoms with Crippen molar-refractivity contribution in [2.75, 3.05) is 0 Å². The van der Waals surface area contributed by atoms with E-state index in [0.29, 0.717) is 11.1 Å². The highest BCUT2D eigenvalue weighted by atomic mass is 16.6. The number of hydrogen-bond donors (Lipinski definition) is 0. The van der Waals surface area contributed by atoms with Crippen molar-refractivity contribution in [3.8, 4) is 0 Å². The third-order valence-electron chi connectivity index (χ3n) is 4.45. The first-order valence-electron chi connectivity index (χ1n) is 9.11. The normalized spacial score (nSPS) is 11.4. The number of nitro groups is 2. The van der Waals surface area contributed by atoms with E-state index in [1.54, 1.807) is 30.3 Å². The smallest absolute Gasteiger partial charge is 0.311 e. The molecule has 3 aromatic carbocycles. The number of carbonyl (C=O) groups excluding carboxylic acids is 2. The van der Waals surface area contributed by atoms with Gasteiger partial charge in [-0.2, -0.15) is 0 Å². The molecule has 0 bridgehead atoms. The molecule has 0 fully saturated rings. The summed E-state index contributed by atoms with van der Waals surface area (Å²) < 4.78 is 5.44. The van der Waals surface area contributed by atoms with Gasteiger partial charge in [-0.05, 0) is 17.7 Å². The monoisotopic (exact) mass is 420 g/mol. The molecule has 0 saturated heterocycles. The summed E-state index contributed by atoms with van der Waals surface area (Å²) in [7, 11) is 0. The number of Topliss-reactive ketones (excluding diaryl/α,β-unsaturated/α-hetero) is 1. The molecule has 31 heavy (non-hydrogen) atoms. The van der Waals surface area contributed by atoms with Gasteiger partial charge in [0.25, 0.3) is 11.4 Å². The van der Waals surface area contributed by atoms with Crippen LogP contribution in [0.4, 0.5) is 11.4 Å². The van der Waals surface area contributed by atoms with Crippen LogP contribution in [0.2, 0.25) is 0 Å². The van der Waals surface area contributed by atoms with E-state index in [2.05, 4.69) is 0 Å². The Morgan fingerprint density at radius 2 is 1.29 bits per heavy atom. The molecule has 1 atom stereocenters. The molecule has 0 N–H and O–H groups in total. The van der Waals surface area contributed by atoms with Gasteiger partial charge in [-0.15, -0.1) is 0 Å². The minimum absolute atomic E-state index is 0.111. The van der Waals surface area contributed by atoms with Gasteiger partial charge in [0.05, 0.1) is 16.3 Å². The van der Waals surface area contributed by atoms with Gasteiger partial charge in [0, 0.05) is 35.4 Å². The van der Waals surface area contributed by atoms with Gasteiger partial charge in [0.15, 0.2) is 6.10 Å². The molecule has 9 heteroatoms. The van der Waals surface area contributed by atoms with E-state index in [9.17, 15) is 29.8 Å². The minimum atomic E-state index is -1.30. The first-order valence-corrected chi connectivity index (χ1v) is 9.11. The van der Waals surface area contributed by atoms with E-state index in [-0.39, 0.29) is 23.4 Å². The standard InChI is InChI=1S/C22H16N2O7/c25-20(14-15-6-10-18(11-7-15)23(27)28)31-22(21(26)16-4-2-1-3-5-16)17-8-12-19(13-9-17)24(29)30/h1-13,22H,14H2/t22-/m1/s1. The fraction of sp³-hybridized carbons (Fsp3) is 0.0909. The van der Waals surface area contributed by atoms with Gasteiger partial charge in [0.2, 0.25) is 5.78 Å². The fourth-order valence-electron chi connectivity index (χ4n) is 2.87. The van der Waals surface area contributed by atoms with Gasteiger partial charge in [-0.25, -0.2) is 0 Å². The zero-order valence-electron chi connectivity index (χ0n) is 16.0. The van der Waals surface area contributed by atoms with Crippen molar-refractivity contribution in [2.45, 2.75) is 12.5 Å². The molecule has 0 aliphatic heterocycles. The fourth-order valence-corrected chi connectivity index (χ4v) is 2.87. The Bertz CT molecular complexity index is 1110. The lowest BCUT2D eigenvalue weighted by atomic mass is 9.99. The highest BCUT2D eigenvalue weighted by molar-refractivity contribution is 6.01. The largest absolute Gasteiger partial charge is 0.449 e. The molecular weight excluding hydrogens is 404 g/mol. The average molecular weight is 420 g/mol. The summed E-state index contributed by atoms with van der Waals surface area (Å²) in [4.78, 5) is 46.0. The van der Waals surface area contributed by atoms with E-state index in [4.69, 9.17) is 4.74 Å². The van der Waals surface area contributed by atoms with E-state index in [0.717, 1.165) is 0 Å². The maximum atomic E-state index is 13.0. The van der Waals surface area contributed by atoms with Crippen LogP contribution in [0.15, 0.2) is 78.9 Å². The summed E-state index contributed by atoms with van der Waals surface area (Å²) in [6.07, 6.45) is -1.50. The second-order valence-electron chi connectivity index (χ2n) is 6.55. The van der Waals surface area contributed by atoms with Gasteiger partial charge in [0.1, 0.15) is 0 Å². The first-order chi connectivity index (χ1) is 14.8. The van der Waals surface area contributed by atoms with Gasteiger partial charge < -0.3 is 4.74 Å². The number of ketones is 1. The highest BCUT2D eigenvalue weighted by Crippen LogP contribution is 2.25. The van der Waals surface area contributed by atoms with E-state index in [1.807, 2.05) is 0 Å². The molecular formula is C22H16N2O7. The van der Waals surface area contributed by atoms with E-state index >= 15 is 0 Å². The van der Waals surface area contributed by atoms with Crippen molar-refractivity contribution in [3.63, 3.8) is 0 Å². The Hall–Kier alpha value is -4.40. The zero-order chi connectivity index (χ0) is 22.4. The molecule has 0 saturated carbocycles. The predicted octanol–water partition coefficient (Wildman–Crippen LogP) is 4.21. The maximum absolute atomic E-state index is 13.0. The van der Waals surface area contributed by atoms with Crippen LogP contribution in [0.3, 0.4) is 0 Å². The van der Waals surface area contributed by atoms with Crippen LogP contribution >= 0.6 is 0 Å². The number of rotatable bonds is 8. The average Bonchev–Trinajstić information content (AvgIpc) is 2.78. The zero-order valence-corrected chi connectivity index (χ0v) is 16.0. The van der Waals surface area contributed by atoms with Crippen LogP contribution < -0.4 is 0 Å². The van der Waals surface area contributed by atoms with Crippen molar-refractivity contribution in [1.82, 2.24) is 0 Å². The Morgan fingerprint density at radius 3 is 1.81 bits per heavy atom. The number of nitro benzene ring substituents is 2. The van der Waals surface area contributed by atoms with Gasteiger partial charge in [-0.1, -0.05) is 42.5 Å². The number of esters is 1. The molecule has 3 aromatic rings. The van der Waals surface area contributed by atoms with E-state index < -0.39 is 27.7 Å². The first kappa shape index (κ1) is 21.3. The predicted molar refractivity (Wildman–Crippen MR) is 110 cm³/mol. The summed E-state index contributed by atoms with van der Waals surface area (Å²) >= 11 is 0. The number of carbonyl (C=O) groups is 2. The van der Waals surface area contributed by atoms with Crippen molar-refractivity contribution >= 4 is 23.1 Å². The number of hydrogen-bond acceptors (Lipinski definition) is 7. The Balaban J connectivity index is 1.83. The lowest BCUT2D eigenvalue weighted by molar-refractivity contribution is -0.385. The number of non-ortho nitro benzene ring substituents is 2. The van der Waals surface area contributed by atoms with Crippen molar-refractivity contribution < 1.29 is 24.2 Å². The molecule has 0 spiro atoms. The topological polar surface area (TPSA) is 130 Å². The van der Waals surface area contributed by atoms with Crippen LogP contribution in [0.5, 0.6) is 0 Å². The Labute approximate surface area is 176 Å². The Morgan fingerprint density at radius 1 is 0.774 bits per heavy atom. The quantitative estimate of drug-likeness (QED) is 0.231. The summed E-state index contributed by atoms with van der Waals surface area (Å²) in [5.41, 5.74) is 0.808. The van der Waals surface area contributed by atoms with Crippen LogP contribution in [0, 0.1) is 20.2 Å². The second-order valence-corrected chi connectivity index (χ2v) is 6.55. The molecule has 0 unspecified atom stereocenters. The number of ether oxygens (including phenoxy) is 1. The highest BCUT2D eigenvalue weighted by Gasteiger charge is 2.27. The summed E-state index contributed by atoms with van der Waals surface area (Å²) in [5, 5.41) is 21.6. The summed E-state index contributed by atoms with van der Waals surface area (Å²) in [6.45, 7) is 0.